The molecule has 1 aliphatic heterocycles. The lowest BCUT2D eigenvalue weighted by Gasteiger charge is -2.34. The van der Waals surface area contributed by atoms with Crippen LogP contribution < -0.4 is 5.32 Å². The molecule has 5 rings (SSSR count). The Morgan fingerprint density at radius 2 is 1.75 bits per heavy atom. The summed E-state index contributed by atoms with van der Waals surface area (Å²) in [6.07, 6.45) is 2.04. The minimum absolute atomic E-state index is 0.136. The van der Waals surface area contributed by atoms with E-state index in [2.05, 4.69) is 15.5 Å². The summed E-state index contributed by atoms with van der Waals surface area (Å²) >= 11 is 0. The molecule has 148 valence electrons. The number of carbonyl (C=O) groups is 1. The van der Waals surface area contributed by atoms with Gasteiger partial charge in [0.2, 0.25) is 11.8 Å². The number of nitrogens with one attached hydrogen (secondary N) is 1. The van der Waals surface area contributed by atoms with Crippen LogP contribution in [0.3, 0.4) is 0 Å². The van der Waals surface area contributed by atoms with Crippen LogP contribution in [0, 0.1) is 10.8 Å². The fourth-order valence-corrected chi connectivity index (χ4v) is 5.06. The van der Waals surface area contributed by atoms with Gasteiger partial charge in [0.25, 0.3) is 5.92 Å². The first-order valence-corrected chi connectivity index (χ1v) is 9.72. The van der Waals surface area contributed by atoms with Crippen LogP contribution in [0.4, 0.5) is 14.8 Å². The zero-order chi connectivity index (χ0) is 19.6. The maximum atomic E-state index is 14.3. The van der Waals surface area contributed by atoms with Gasteiger partial charge in [-0.2, -0.15) is 0 Å². The molecule has 0 unspecified atom stereocenters. The standard InChI is InChI=1S/C20H22F2N4O2/c1-13(23-17-25-24-15(28-17)14-5-3-2-4-6-14)16(27)26-11-9-19(10-12-26)18(7-8-18)20(19,21)22/h2-6,13H,7-12H2,1H3,(H,23,25)/t13-/m1/s1. The Labute approximate surface area is 161 Å². The maximum absolute atomic E-state index is 14.3. The van der Waals surface area contributed by atoms with Crippen LogP contribution in [-0.2, 0) is 4.79 Å². The van der Waals surface area contributed by atoms with Gasteiger partial charge in [0, 0.05) is 29.5 Å². The molecule has 6 nitrogen and oxygen atoms in total. The second-order valence-electron chi connectivity index (χ2n) is 8.21. The molecule has 1 N–H and O–H groups in total. The van der Waals surface area contributed by atoms with Crippen LogP contribution in [0.2, 0.25) is 0 Å². The number of halogens is 2. The Morgan fingerprint density at radius 1 is 1.11 bits per heavy atom. The van der Waals surface area contributed by atoms with Crippen LogP contribution in [0.25, 0.3) is 11.5 Å². The van der Waals surface area contributed by atoms with Gasteiger partial charge in [-0.15, -0.1) is 5.10 Å². The van der Waals surface area contributed by atoms with Gasteiger partial charge in [-0.1, -0.05) is 23.3 Å². The van der Waals surface area contributed by atoms with E-state index in [1.165, 1.54) is 0 Å². The smallest absolute Gasteiger partial charge is 0.316 e. The highest BCUT2D eigenvalue weighted by atomic mass is 19.3. The number of alkyl halides is 2. The van der Waals surface area contributed by atoms with Gasteiger partial charge in [-0.05, 0) is 44.7 Å². The lowest BCUT2D eigenvalue weighted by Crippen LogP contribution is -2.46. The first-order valence-electron chi connectivity index (χ1n) is 9.72. The van der Waals surface area contributed by atoms with Crippen molar-refractivity contribution in [1.82, 2.24) is 15.1 Å². The number of piperidine rings is 1. The van der Waals surface area contributed by atoms with Crippen LogP contribution in [0.1, 0.15) is 32.6 Å². The van der Waals surface area contributed by atoms with E-state index in [-0.39, 0.29) is 11.9 Å². The molecule has 1 saturated heterocycles. The summed E-state index contributed by atoms with van der Waals surface area (Å²) in [5.74, 6) is -2.31. The second kappa shape index (κ2) is 5.75. The number of fused-ring (bicyclic) bond motifs is 1. The van der Waals surface area contributed by atoms with Crippen molar-refractivity contribution >= 4 is 11.9 Å². The summed E-state index contributed by atoms with van der Waals surface area (Å²) < 4.78 is 34.2. The summed E-state index contributed by atoms with van der Waals surface area (Å²) in [5.41, 5.74) is -0.802. The molecule has 3 fully saturated rings. The molecule has 3 aliphatic rings. The van der Waals surface area contributed by atoms with E-state index in [4.69, 9.17) is 4.42 Å². The van der Waals surface area contributed by atoms with Gasteiger partial charge in [0.15, 0.2) is 0 Å². The summed E-state index contributed by atoms with van der Waals surface area (Å²) in [6, 6.07) is 8.94. The Hall–Kier alpha value is -2.51. The summed E-state index contributed by atoms with van der Waals surface area (Å²) in [4.78, 5) is 14.4. The van der Waals surface area contributed by atoms with Gasteiger partial charge < -0.3 is 14.6 Å². The minimum atomic E-state index is -2.55. The number of hydrogen-bond donors (Lipinski definition) is 1. The molecule has 28 heavy (non-hydrogen) atoms. The van der Waals surface area contributed by atoms with Crippen molar-refractivity contribution in [1.29, 1.82) is 0 Å². The fraction of sp³-hybridized carbons (Fsp3) is 0.550. The van der Waals surface area contributed by atoms with Crippen molar-refractivity contribution in [2.75, 3.05) is 18.4 Å². The lowest BCUT2D eigenvalue weighted by molar-refractivity contribution is -0.134. The molecule has 2 saturated carbocycles. The molecule has 1 atom stereocenters. The number of nitrogens with zero attached hydrogens (tertiary/aromatic N) is 3. The number of carbonyl (C=O) groups excluding carboxylic acids is 1. The number of rotatable bonds is 4. The number of benzene rings is 1. The van der Waals surface area contributed by atoms with Crippen LogP contribution in [-0.4, -0.2) is 46.1 Å². The number of likely N-dealkylation sites (tertiary alicyclic amines) is 1. The topological polar surface area (TPSA) is 71.3 Å². The predicted octanol–water partition coefficient (Wildman–Crippen LogP) is 3.57. The number of hydrogen-bond acceptors (Lipinski definition) is 5. The quantitative estimate of drug-likeness (QED) is 0.867. The van der Waals surface area contributed by atoms with Crippen molar-refractivity contribution in [3.05, 3.63) is 30.3 Å². The largest absolute Gasteiger partial charge is 0.403 e. The predicted molar refractivity (Wildman–Crippen MR) is 97.7 cm³/mol. The third-order valence-electron chi connectivity index (χ3n) is 6.89. The molecular formula is C20H22F2N4O2. The highest BCUT2D eigenvalue weighted by molar-refractivity contribution is 5.84. The molecule has 1 aromatic carbocycles. The average Bonchev–Trinajstić information content (AvgIpc) is 3.51. The third-order valence-corrected chi connectivity index (χ3v) is 6.89. The minimum Gasteiger partial charge on any atom is -0.403 e. The van der Waals surface area contributed by atoms with Crippen LogP contribution >= 0.6 is 0 Å². The number of amides is 1. The SMILES string of the molecule is C[C@@H](Nc1nnc(-c2ccccc2)o1)C(=O)N1CCC2(CC1)C(F)(F)C21CC1. The van der Waals surface area contributed by atoms with E-state index in [0.717, 1.165) is 5.56 Å². The van der Waals surface area contributed by atoms with Crippen molar-refractivity contribution in [2.24, 2.45) is 10.8 Å². The van der Waals surface area contributed by atoms with E-state index in [9.17, 15) is 13.6 Å². The van der Waals surface area contributed by atoms with Crippen LogP contribution in [0.15, 0.2) is 34.7 Å². The van der Waals surface area contributed by atoms with Gasteiger partial charge >= 0.3 is 6.01 Å². The normalized spacial score (nSPS) is 24.2. The van der Waals surface area contributed by atoms with Crippen molar-refractivity contribution in [3.63, 3.8) is 0 Å². The zero-order valence-electron chi connectivity index (χ0n) is 15.6. The number of aromatic nitrogens is 2. The molecule has 1 aromatic heterocycles. The van der Waals surface area contributed by atoms with E-state index in [0.29, 0.717) is 44.7 Å². The Kier molecular flexibility index (Phi) is 3.61. The van der Waals surface area contributed by atoms with E-state index < -0.39 is 22.8 Å². The average molecular weight is 388 g/mol. The zero-order valence-corrected chi connectivity index (χ0v) is 15.6. The van der Waals surface area contributed by atoms with Gasteiger partial charge in [0.1, 0.15) is 6.04 Å². The monoisotopic (exact) mass is 388 g/mol. The van der Waals surface area contributed by atoms with E-state index in [1.807, 2.05) is 30.3 Å². The molecule has 2 aromatic rings. The molecular weight excluding hydrogens is 366 g/mol. The van der Waals surface area contributed by atoms with Gasteiger partial charge in [-0.3, -0.25) is 4.79 Å². The molecule has 0 bridgehead atoms. The highest BCUT2D eigenvalue weighted by Gasteiger charge is 2.94. The van der Waals surface area contributed by atoms with Gasteiger partial charge in [0.05, 0.1) is 0 Å². The molecule has 1 amide bonds. The molecule has 8 heteroatoms. The summed E-state index contributed by atoms with van der Waals surface area (Å²) in [5, 5.41) is 10.9. The van der Waals surface area contributed by atoms with Crippen LogP contribution in [0.5, 0.6) is 0 Å². The first-order chi connectivity index (χ1) is 13.4. The Bertz CT molecular complexity index is 896. The number of anilines is 1. The molecule has 2 spiro atoms. The Balaban J connectivity index is 1.20. The third kappa shape index (κ3) is 2.26. The molecule has 2 heterocycles. The summed E-state index contributed by atoms with van der Waals surface area (Å²) in [7, 11) is 0. The van der Waals surface area contributed by atoms with E-state index >= 15 is 0 Å². The second-order valence-corrected chi connectivity index (χ2v) is 8.21. The van der Waals surface area contributed by atoms with Crippen molar-refractivity contribution < 1.29 is 18.0 Å². The fourth-order valence-electron chi connectivity index (χ4n) is 5.06. The summed E-state index contributed by atoms with van der Waals surface area (Å²) in [6.45, 7) is 2.47. The molecule has 2 aliphatic carbocycles. The van der Waals surface area contributed by atoms with E-state index in [1.54, 1.807) is 11.8 Å². The van der Waals surface area contributed by atoms with Gasteiger partial charge in [-0.25, -0.2) is 8.78 Å². The first kappa shape index (κ1) is 17.6. The highest BCUT2D eigenvalue weighted by Crippen LogP contribution is 2.89. The molecule has 0 radical (unpaired) electrons. The lowest BCUT2D eigenvalue weighted by atomic mass is 9.89. The van der Waals surface area contributed by atoms with Crippen molar-refractivity contribution in [3.8, 4) is 11.5 Å². The van der Waals surface area contributed by atoms with Crippen molar-refractivity contribution in [2.45, 2.75) is 44.6 Å². The maximum Gasteiger partial charge on any atom is 0.316 e. The Morgan fingerprint density at radius 3 is 2.36 bits per heavy atom.